The van der Waals surface area contributed by atoms with Crippen molar-refractivity contribution in [3.63, 3.8) is 0 Å². The highest BCUT2D eigenvalue weighted by Crippen LogP contribution is 2.34. The molecule has 0 radical (unpaired) electrons. The van der Waals surface area contributed by atoms with Gasteiger partial charge in [0.15, 0.2) is 0 Å². The minimum atomic E-state index is 0.516. The lowest BCUT2D eigenvalue weighted by Crippen LogP contribution is -2.24. The van der Waals surface area contributed by atoms with Crippen LogP contribution in [-0.2, 0) is 0 Å². The normalized spacial score (nSPS) is 16.4. The van der Waals surface area contributed by atoms with E-state index in [0.717, 1.165) is 18.2 Å². The molecule has 2 rings (SSSR count). The second-order valence-electron chi connectivity index (χ2n) is 4.86. The van der Waals surface area contributed by atoms with Crippen molar-refractivity contribution in [2.45, 2.75) is 25.7 Å². The summed E-state index contributed by atoms with van der Waals surface area (Å²) in [6.07, 6.45) is 5.36. The number of nitrogen functional groups attached to an aromatic ring is 1. The molecular formula is C13H18Cl2N2. The van der Waals surface area contributed by atoms with Crippen molar-refractivity contribution in [1.29, 1.82) is 0 Å². The number of nitrogens with two attached hydrogens (primary N) is 1. The fraction of sp³-hybridized carbons (Fsp3) is 0.538. The maximum absolute atomic E-state index is 6.03. The molecule has 1 aromatic rings. The van der Waals surface area contributed by atoms with Gasteiger partial charge >= 0.3 is 0 Å². The van der Waals surface area contributed by atoms with Crippen LogP contribution in [-0.4, -0.2) is 13.6 Å². The SMILES string of the molecule is CN(CC1CCCC1)c1cc(Cl)c(Cl)cc1N. The van der Waals surface area contributed by atoms with Gasteiger partial charge in [-0.1, -0.05) is 36.0 Å². The average Bonchev–Trinajstić information content (AvgIpc) is 2.76. The van der Waals surface area contributed by atoms with Crippen molar-refractivity contribution in [2.75, 3.05) is 24.2 Å². The van der Waals surface area contributed by atoms with Crippen molar-refractivity contribution < 1.29 is 0 Å². The molecule has 1 saturated carbocycles. The molecule has 1 aliphatic rings. The van der Waals surface area contributed by atoms with E-state index < -0.39 is 0 Å². The van der Waals surface area contributed by atoms with Crippen LogP contribution in [0.25, 0.3) is 0 Å². The van der Waals surface area contributed by atoms with Crippen LogP contribution in [0.1, 0.15) is 25.7 Å². The standard InChI is InChI=1S/C13H18Cl2N2/c1-17(8-9-4-2-3-5-9)13-7-11(15)10(14)6-12(13)16/h6-7,9H,2-5,8,16H2,1H3. The van der Waals surface area contributed by atoms with Crippen LogP contribution in [0.15, 0.2) is 12.1 Å². The summed E-state index contributed by atoms with van der Waals surface area (Å²) in [7, 11) is 2.06. The Hall–Kier alpha value is -0.600. The van der Waals surface area contributed by atoms with Crippen molar-refractivity contribution in [1.82, 2.24) is 0 Å². The van der Waals surface area contributed by atoms with Crippen LogP contribution in [0, 0.1) is 5.92 Å². The molecule has 0 unspecified atom stereocenters. The van der Waals surface area contributed by atoms with Gasteiger partial charge in [-0.05, 0) is 30.9 Å². The minimum absolute atomic E-state index is 0.516. The molecule has 0 atom stereocenters. The second kappa shape index (κ2) is 5.36. The molecule has 0 bridgehead atoms. The number of anilines is 2. The number of rotatable bonds is 3. The predicted octanol–water partition coefficient (Wildman–Crippen LogP) is 4.20. The third-order valence-electron chi connectivity index (χ3n) is 3.49. The minimum Gasteiger partial charge on any atom is -0.397 e. The first-order valence-corrected chi connectivity index (χ1v) is 6.79. The third kappa shape index (κ3) is 2.99. The molecule has 17 heavy (non-hydrogen) atoms. The van der Waals surface area contributed by atoms with Crippen LogP contribution in [0.4, 0.5) is 11.4 Å². The quantitative estimate of drug-likeness (QED) is 0.836. The van der Waals surface area contributed by atoms with E-state index in [1.165, 1.54) is 25.7 Å². The number of halogens is 2. The lowest BCUT2D eigenvalue weighted by molar-refractivity contribution is 0.547. The fourth-order valence-electron chi connectivity index (χ4n) is 2.56. The highest BCUT2D eigenvalue weighted by Gasteiger charge is 2.18. The average molecular weight is 273 g/mol. The highest BCUT2D eigenvalue weighted by molar-refractivity contribution is 6.42. The Kier molecular flexibility index (Phi) is 4.05. The molecular weight excluding hydrogens is 255 g/mol. The van der Waals surface area contributed by atoms with Gasteiger partial charge in [0.1, 0.15) is 0 Å². The summed E-state index contributed by atoms with van der Waals surface area (Å²) in [5.41, 5.74) is 7.65. The fourth-order valence-corrected chi connectivity index (χ4v) is 2.89. The molecule has 2 N–H and O–H groups in total. The summed E-state index contributed by atoms with van der Waals surface area (Å²) in [4.78, 5) is 2.19. The molecule has 1 aliphatic carbocycles. The van der Waals surface area contributed by atoms with E-state index in [0.29, 0.717) is 15.7 Å². The zero-order chi connectivity index (χ0) is 12.4. The Morgan fingerprint density at radius 3 is 2.47 bits per heavy atom. The van der Waals surface area contributed by atoms with Gasteiger partial charge in [0, 0.05) is 13.6 Å². The molecule has 0 heterocycles. The van der Waals surface area contributed by atoms with Gasteiger partial charge in [0.2, 0.25) is 0 Å². The van der Waals surface area contributed by atoms with Gasteiger partial charge in [0.05, 0.1) is 21.4 Å². The summed E-state index contributed by atoms with van der Waals surface area (Å²) in [6.45, 7) is 1.04. The molecule has 0 aliphatic heterocycles. The van der Waals surface area contributed by atoms with E-state index in [1.54, 1.807) is 6.07 Å². The predicted molar refractivity (Wildman–Crippen MR) is 76.1 cm³/mol. The molecule has 1 fully saturated rings. The van der Waals surface area contributed by atoms with Gasteiger partial charge in [-0.25, -0.2) is 0 Å². The molecule has 94 valence electrons. The summed E-state index contributed by atoms with van der Waals surface area (Å²) < 4.78 is 0. The first-order chi connectivity index (χ1) is 8.08. The first kappa shape index (κ1) is 12.8. The largest absolute Gasteiger partial charge is 0.397 e. The Morgan fingerprint density at radius 1 is 1.24 bits per heavy atom. The number of hydrogen-bond acceptors (Lipinski definition) is 2. The molecule has 0 aromatic heterocycles. The maximum atomic E-state index is 6.03. The van der Waals surface area contributed by atoms with Gasteiger partial charge in [0.25, 0.3) is 0 Å². The van der Waals surface area contributed by atoms with Crippen LogP contribution in [0.2, 0.25) is 10.0 Å². The van der Waals surface area contributed by atoms with E-state index in [1.807, 2.05) is 6.07 Å². The Bertz CT molecular complexity index is 401. The van der Waals surface area contributed by atoms with Crippen molar-refractivity contribution in [2.24, 2.45) is 5.92 Å². The monoisotopic (exact) mass is 272 g/mol. The molecule has 2 nitrogen and oxygen atoms in total. The van der Waals surface area contributed by atoms with Gasteiger partial charge in [-0.15, -0.1) is 0 Å². The second-order valence-corrected chi connectivity index (χ2v) is 5.67. The topological polar surface area (TPSA) is 29.3 Å². The van der Waals surface area contributed by atoms with Crippen LogP contribution < -0.4 is 10.6 Å². The zero-order valence-electron chi connectivity index (χ0n) is 10.0. The number of nitrogens with zero attached hydrogens (tertiary/aromatic N) is 1. The smallest absolute Gasteiger partial charge is 0.0614 e. The van der Waals surface area contributed by atoms with Crippen LogP contribution in [0.5, 0.6) is 0 Å². The van der Waals surface area contributed by atoms with E-state index in [9.17, 15) is 0 Å². The molecule has 0 saturated heterocycles. The Balaban J connectivity index is 2.12. The van der Waals surface area contributed by atoms with Crippen LogP contribution >= 0.6 is 23.2 Å². The molecule has 0 spiro atoms. The van der Waals surface area contributed by atoms with Gasteiger partial charge in [-0.3, -0.25) is 0 Å². The maximum Gasteiger partial charge on any atom is 0.0614 e. The van der Waals surface area contributed by atoms with Crippen molar-refractivity contribution >= 4 is 34.6 Å². The van der Waals surface area contributed by atoms with E-state index in [-0.39, 0.29) is 0 Å². The number of hydrogen-bond donors (Lipinski definition) is 1. The zero-order valence-corrected chi connectivity index (χ0v) is 11.6. The molecule has 0 amide bonds. The van der Waals surface area contributed by atoms with Gasteiger partial charge in [-0.2, -0.15) is 0 Å². The summed E-state index contributed by atoms with van der Waals surface area (Å²) >= 11 is 12.0. The number of benzene rings is 1. The van der Waals surface area contributed by atoms with E-state index in [4.69, 9.17) is 28.9 Å². The van der Waals surface area contributed by atoms with Crippen molar-refractivity contribution in [3.05, 3.63) is 22.2 Å². The summed E-state index contributed by atoms with van der Waals surface area (Å²) in [6, 6.07) is 3.58. The summed E-state index contributed by atoms with van der Waals surface area (Å²) in [5.74, 6) is 0.786. The Morgan fingerprint density at radius 2 is 1.82 bits per heavy atom. The van der Waals surface area contributed by atoms with Crippen LogP contribution in [0.3, 0.4) is 0 Å². The molecule has 1 aromatic carbocycles. The first-order valence-electron chi connectivity index (χ1n) is 6.03. The van der Waals surface area contributed by atoms with Gasteiger partial charge < -0.3 is 10.6 Å². The lowest BCUT2D eigenvalue weighted by Gasteiger charge is -2.24. The molecule has 4 heteroatoms. The highest BCUT2D eigenvalue weighted by atomic mass is 35.5. The Labute approximate surface area is 113 Å². The lowest BCUT2D eigenvalue weighted by atomic mass is 10.1. The van der Waals surface area contributed by atoms with E-state index in [2.05, 4.69) is 11.9 Å². The summed E-state index contributed by atoms with van der Waals surface area (Å²) in [5, 5.41) is 1.08. The van der Waals surface area contributed by atoms with E-state index >= 15 is 0 Å². The van der Waals surface area contributed by atoms with Crippen molar-refractivity contribution in [3.8, 4) is 0 Å². The third-order valence-corrected chi connectivity index (χ3v) is 4.21.